The largest absolute Gasteiger partial charge is 0.417 e. The fourth-order valence-corrected chi connectivity index (χ4v) is 3.89. The number of pyridine rings is 1. The Kier molecular flexibility index (Phi) is 5.21. The Balaban J connectivity index is 1.55. The van der Waals surface area contributed by atoms with Crippen molar-refractivity contribution in [2.45, 2.75) is 31.4 Å². The standard InChI is InChI=1S/C20H18ClF3N4O/c21-16-6-2-1-4-13(16)10-18(29)27-9-3-5-14(11-27)19-26-25-17-8-7-15(12-28(17)19)20(22,23)24/h1-2,4,6-8,12,14H,3,5,9-11H2. The van der Waals surface area contributed by atoms with Gasteiger partial charge in [-0.1, -0.05) is 29.8 Å². The molecule has 3 aromatic rings. The molecule has 0 N–H and O–H groups in total. The molecule has 1 aliphatic heterocycles. The molecule has 0 spiro atoms. The highest BCUT2D eigenvalue weighted by Gasteiger charge is 2.32. The molecule has 4 rings (SSSR count). The number of hydrogen-bond donors (Lipinski definition) is 0. The summed E-state index contributed by atoms with van der Waals surface area (Å²) < 4.78 is 40.6. The lowest BCUT2D eigenvalue weighted by molar-refractivity contribution is -0.137. The number of piperidine rings is 1. The third-order valence-corrected chi connectivity index (χ3v) is 5.56. The zero-order chi connectivity index (χ0) is 20.6. The van der Waals surface area contributed by atoms with Gasteiger partial charge in [0.05, 0.1) is 12.0 Å². The van der Waals surface area contributed by atoms with Crippen molar-refractivity contribution in [2.24, 2.45) is 0 Å². The number of carbonyl (C=O) groups excluding carboxylic acids is 1. The van der Waals surface area contributed by atoms with E-state index in [2.05, 4.69) is 10.2 Å². The van der Waals surface area contributed by atoms with Crippen LogP contribution in [-0.2, 0) is 17.4 Å². The molecular weight excluding hydrogens is 405 g/mol. The van der Waals surface area contributed by atoms with Gasteiger partial charge in [-0.05, 0) is 36.6 Å². The summed E-state index contributed by atoms with van der Waals surface area (Å²) in [5, 5.41) is 8.65. The second kappa shape index (κ2) is 7.67. The van der Waals surface area contributed by atoms with Crippen LogP contribution in [0.15, 0.2) is 42.6 Å². The predicted octanol–water partition coefficient (Wildman–Crippen LogP) is 4.35. The average Bonchev–Trinajstić information content (AvgIpc) is 3.12. The predicted molar refractivity (Wildman–Crippen MR) is 102 cm³/mol. The van der Waals surface area contributed by atoms with Crippen molar-refractivity contribution in [2.75, 3.05) is 13.1 Å². The number of amides is 1. The summed E-state index contributed by atoms with van der Waals surface area (Å²) in [6.07, 6.45) is -1.76. The fourth-order valence-electron chi connectivity index (χ4n) is 3.69. The summed E-state index contributed by atoms with van der Waals surface area (Å²) in [5.74, 6) is 0.200. The van der Waals surface area contributed by atoms with E-state index in [1.165, 1.54) is 10.5 Å². The van der Waals surface area contributed by atoms with Gasteiger partial charge in [0.1, 0.15) is 5.82 Å². The van der Waals surface area contributed by atoms with Crippen molar-refractivity contribution in [3.63, 3.8) is 0 Å². The lowest BCUT2D eigenvalue weighted by Crippen LogP contribution is -2.40. The van der Waals surface area contributed by atoms with Gasteiger partial charge in [-0.3, -0.25) is 9.20 Å². The van der Waals surface area contributed by atoms with Gasteiger partial charge in [0.2, 0.25) is 5.91 Å². The summed E-state index contributed by atoms with van der Waals surface area (Å²) in [7, 11) is 0. The molecule has 1 aromatic carbocycles. The van der Waals surface area contributed by atoms with Gasteiger partial charge >= 0.3 is 6.18 Å². The highest BCUT2D eigenvalue weighted by molar-refractivity contribution is 6.31. The van der Waals surface area contributed by atoms with Gasteiger partial charge in [0.25, 0.3) is 0 Å². The normalized spacial score (nSPS) is 17.7. The van der Waals surface area contributed by atoms with Gasteiger partial charge in [-0.25, -0.2) is 0 Å². The maximum Gasteiger partial charge on any atom is 0.417 e. The van der Waals surface area contributed by atoms with Crippen LogP contribution in [0.5, 0.6) is 0 Å². The lowest BCUT2D eigenvalue weighted by atomic mass is 9.96. The highest BCUT2D eigenvalue weighted by Crippen LogP contribution is 2.31. The second-order valence-corrected chi connectivity index (χ2v) is 7.56. The molecule has 1 amide bonds. The van der Waals surface area contributed by atoms with E-state index in [1.807, 2.05) is 12.1 Å². The first-order chi connectivity index (χ1) is 13.8. The smallest absolute Gasteiger partial charge is 0.342 e. The molecule has 152 valence electrons. The van der Waals surface area contributed by atoms with Crippen molar-refractivity contribution in [1.82, 2.24) is 19.5 Å². The number of aromatic nitrogens is 3. The number of likely N-dealkylation sites (tertiary alicyclic amines) is 1. The molecule has 1 fully saturated rings. The molecule has 0 aliphatic carbocycles. The highest BCUT2D eigenvalue weighted by atomic mass is 35.5. The van der Waals surface area contributed by atoms with E-state index in [0.29, 0.717) is 29.6 Å². The summed E-state index contributed by atoms with van der Waals surface area (Å²) in [6, 6.07) is 9.49. The van der Waals surface area contributed by atoms with E-state index in [9.17, 15) is 18.0 Å². The SMILES string of the molecule is O=C(Cc1ccccc1Cl)N1CCCC(c2nnc3ccc(C(F)(F)F)cn23)C1. The molecule has 3 heterocycles. The minimum atomic E-state index is -4.45. The zero-order valence-corrected chi connectivity index (χ0v) is 16.1. The summed E-state index contributed by atoms with van der Waals surface area (Å²) in [5.41, 5.74) is 0.352. The van der Waals surface area contributed by atoms with E-state index in [1.54, 1.807) is 17.0 Å². The molecule has 1 unspecified atom stereocenters. The molecule has 9 heteroatoms. The third-order valence-electron chi connectivity index (χ3n) is 5.19. The Labute approximate surface area is 170 Å². The maximum atomic E-state index is 13.1. The Morgan fingerprint density at radius 3 is 2.72 bits per heavy atom. The molecule has 0 saturated carbocycles. The number of fused-ring (bicyclic) bond motifs is 1. The van der Waals surface area contributed by atoms with Gasteiger partial charge in [0.15, 0.2) is 5.65 Å². The van der Waals surface area contributed by atoms with Crippen molar-refractivity contribution in [1.29, 1.82) is 0 Å². The van der Waals surface area contributed by atoms with Gasteiger partial charge in [-0.15, -0.1) is 10.2 Å². The number of rotatable bonds is 3. The molecule has 0 bridgehead atoms. The first-order valence-electron chi connectivity index (χ1n) is 9.26. The van der Waals surface area contributed by atoms with Crippen LogP contribution in [-0.4, -0.2) is 38.5 Å². The Bertz CT molecular complexity index is 1050. The van der Waals surface area contributed by atoms with Crippen LogP contribution in [0.4, 0.5) is 13.2 Å². The maximum absolute atomic E-state index is 13.1. The molecular formula is C20H18ClF3N4O. The van der Waals surface area contributed by atoms with E-state index in [-0.39, 0.29) is 18.2 Å². The molecule has 1 atom stereocenters. The van der Waals surface area contributed by atoms with Crippen molar-refractivity contribution in [3.8, 4) is 0 Å². The first-order valence-corrected chi connectivity index (χ1v) is 9.64. The number of carbonyl (C=O) groups is 1. The number of hydrogen-bond acceptors (Lipinski definition) is 3. The van der Waals surface area contributed by atoms with Crippen LogP contribution in [0, 0.1) is 0 Å². The van der Waals surface area contributed by atoms with Crippen LogP contribution in [0.25, 0.3) is 5.65 Å². The first kappa shape index (κ1) is 19.7. The Hall–Kier alpha value is -2.61. The molecule has 1 saturated heterocycles. The summed E-state index contributed by atoms with van der Waals surface area (Å²) in [6.45, 7) is 0.991. The number of nitrogens with zero attached hydrogens (tertiary/aromatic N) is 4. The van der Waals surface area contributed by atoms with Crippen molar-refractivity contribution < 1.29 is 18.0 Å². The molecule has 0 radical (unpaired) electrons. The quantitative estimate of drug-likeness (QED) is 0.630. The number of halogens is 4. The second-order valence-electron chi connectivity index (χ2n) is 7.15. The van der Waals surface area contributed by atoms with Crippen molar-refractivity contribution >= 4 is 23.2 Å². The topological polar surface area (TPSA) is 50.5 Å². The van der Waals surface area contributed by atoms with E-state index in [0.717, 1.165) is 30.7 Å². The van der Waals surface area contributed by atoms with E-state index in [4.69, 9.17) is 11.6 Å². The van der Waals surface area contributed by atoms with Crippen LogP contribution >= 0.6 is 11.6 Å². The third kappa shape index (κ3) is 4.07. The van der Waals surface area contributed by atoms with Crippen LogP contribution in [0.1, 0.15) is 35.7 Å². The lowest BCUT2D eigenvalue weighted by Gasteiger charge is -2.32. The van der Waals surface area contributed by atoms with Crippen LogP contribution < -0.4 is 0 Å². The number of benzene rings is 1. The Morgan fingerprint density at radius 1 is 1.17 bits per heavy atom. The van der Waals surface area contributed by atoms with Gasteiger partial charge in [0, 0.05) is 30.2 Å². The molecule has 29 heavy (non-hydrogen) atoms. The number of alkyl halides is 3. The van der Waals surface area contributed by atoms with E-state index >= 15 is 0 Å². The summed E-state index contributed by atoms with van der Waals surface area (Å²) >= 11 is 6.15. The molecule has 2 aromatic heterocycles. The minimum Gasteiger partial charge on any atom is -0.342 e. The molecule has 1 aliphatic rings. The monoisotopic (exact) mass is 422 g/mol. The minimum absolute atomic E-state index is 0.0624. The average molecular weight is 423 g/mol. The molecule has 5 nitrogen and oxygen atoms in total. The zero-order valence-electron chi connectivity index (χ0n) is 15.4. The van der Waals surface area contributed by atoms with Crippen LogP contribution in [0.3, 0.4) is 0 Å². The van der Waals surface area contributed by atoms with Crippen LogP contribution in [0.2, 0.25) is 5.02 Å². The fraction of sp³-hybridized carbons (Fsp3) is 0.350. The summed E-state index contributed by atoms with van der Waals surface area (Å²) in [4.78, 5) is 14.5. The van der Waals surface area contributed by atoms with E-state index < -0.39 is 11.7 Å². The van der Waals surface area contributed by atoms with Crippen molar-refractivity contribution in [3.05, 3.63) is 64.6 Å². The van der Waals surface area contributed by atoms with Gasteiger partial charge in [-0.2, -0.15) is 13.2 Å². The Morgan fingerprint density at radius 2 is 1.97 bits per heavy atom. The van der Waals surface area contributed by atoms with Gasteiger partial charge < -0.3 is 4.90 Å².